The number of nitro groups is 1. The van der Waals surface area contributed by atoms with Gasteiger partial charge in [-0.15, -0.1) is 0 Å². The fourth-order valence-electron chi connectivity index (χ4n) is 2.74. The summed E-state index contributed by atoms with van der Waals surface area (Å²) in [6.45, 7) is 6.04. The number of ether oxygens (including phenoxy) is 2. The molecule has 0 aliphatic carbocycles. The van der Waals surface area contributed by atoms with Crippen molar-refractivity contribution in [2.75, 3.05) is 25.1 Å². The Kier molecular flexibility index (Phi) is 5.90. The van der Waals surface area contributed by atoms with Crippen molar-refractivity contribution in [1.82, 2.24) is 0 Å². The summed E-state index contributed by atoms with van der Waals surface area (Å²) in [5.74, 6) is -0.615. The highest BCUT2D eigenvalue weighted by Gasteiger charge is 2.36. The van der Waals surface area contributed by atoms with E-state index >= 15 is 0 Å². The lowest BCUT2D eigenvalue weighted by atomic mass is 9.82. The fraction of sp³-hybridized carbons (Fsp3) is 0.625. The number of hydrogen-bond acceptors (Lipinski definition) is 5. The van der Waals surface area contributed by atoms with Gasteiger partial charge in [0.1, 0.15) is 11.5 Å². The van der Waals surface area contributed by atoms with Crippen LogP contribution in [0.5, 0.6) is 0 Å². The van der Waals surface area contributed by atoms with Gasteiger partial charge in [-0.2, -0.15) is 0 Å². The third kappa shape index (κ3) is 4.39. The van der Waals surface area contributed by atoms with Crippen LogP contribution in [0.3, 0.4) is 0 Å². The summed E-state index contributed by atoms with van der Waals surface area (Å²) in [4.78, 5) is 10.4. The molecule has 1 atom stereocenters. The molecule has 2 rings (SSSR count). The molecule has 1 aromatic rings. The minimum absolute atomic E-state index is 0.0765. The minimum Gasteiger partial charge on any atom is -0.379 e. The van der Waals surface area contributed by atoms with Gasteiger partial charge in [0, 0.05) is 12.0 Å². The molecule has 6 nitrogen and oxygen atoms in total. The first kappa shape index (κ1) is 17.6. The highest BCUT2D eigenvalue weighted by molar-refractivity contribution is 5.61. The Labute approximate surface area is 135 Å². The zero-order valence-corrected chi connectivity index (χ0v) is 13.5. The molecule has 7 heteroatoms. The molecule has 0 unspecified atom stereocenters. The van der Waals surface area contributed by atoms with Gasteiger partial charge in [0.05, 0.1) is 24.2 Å². The molecule has 0 aromatic heterocycles. The van der Waals surface area contributed by atoms with Crippen molar-refractivity contribution in [1.29, 1.82) is 0 Å². The van der Waals surface area contributed by atoms with E-state index in [9.17, 15) is 14.5 Å². The van der Waals surface area contributed by atoms with Crippen LogP contribution in [0.25, 0.3) is 0 Å². The Hall–Kier alpha value is -1.73. The van der Waals surface area contributed by atoms with Crippen LogP contribution < -0.4 is 5.32 Å². The van der Waals surface area contributed by atoms with Crippen molar-refractivity contribution in [2.45, 2.75) is 39.4 Å². The summed E-state index contributed by atoms with van der Waals surface area (Å²) in [5, 5.41) is 14.0. The van der Waals surface area contributed by atoms with E-state index in [4.69, 9.17) is 9.47 Å². The average molecular weight is 326 g/mol. The zero-order chi connectivity index (χ0) is 16.9. The maximum absolute atomic E-state index is 13.1. The van der Waals surface area contributed by atoms with Crippen molar-refractivity contribution in [2.24, 2.45) is 5.41 Å². The fourth-order valence-corrected chi connectivity index (χ4v) is 2.74. The Morgan fingerprint density at radius 3 is 2.74 bits per heavy atom. The maximum atomic E-state index is 13.1. The number of halogens is 1. The first-order valence-corrected chi connectivity index (χ1v) is 7.87. The van der Waals surface area contributed by atoms with Crippen LogP contribution in [-0.2, 0) is 9.47 Å². The molecule has 1 fully saturated rings. The van der Waals surface area contributed by atoms with Crippen LogP contribution in [0, 0.1) is 21.3 Å². The molecule has 1 aliphatic rings. The predicted molar refractivity (Wildman–Crippen MR) is 84.9 cm³/mol. The van der Waals surface area contributed by atoms with E-state index in [1.54, 1.807) is 0 Å². The van der Waals surface area contributed by atoms with Crippen LogP contribution in [-0.4, -0.2) is 31.0 Å². The molecule has 1 N–H and O–H groups in total. The molecule has 23 heavy (non-hydrogen) atoms. The summed E-state index contributed by atoms with van der Waals surface area (Å²) >= 11 is 0. The van der Waals surface area contributed by atoms with E-state index in [1.165, 1.54) is 12.1 Å². The number of benzene rings is 1. The summed E-state index contributed by atoms with van der Waals surface area (Å²) in [5.41, 5.74) is 0.0149. The van der Waals surface area contributed by atoms with Crippen LogP contribution in [0.1, 0.15) is 33.1 Å². The molecule has 1 aliphatic heterocycles. The SMILES string of the molecule is CC[C@](C)(CCCNc1ccc(F)cc1[N+](=O)[O-])C1OCCO1. The summed E-state index contributed by atoms with van der Waals surface area (Å²) in [7, 11) is 0. The van der Waals surface area contributed by atoms with Crippen LogP contribution in [0.4, 0.5) is 15.8 Å². The number of nitro benzene ring substituents is 1. The van der Waals surface area contributed by atoms with Gasteiger partial charge >= 0.3 is 0 Å². The Bertz CT molecular complexity index is 549. The van der Waals surface area contributed by atoms with Crippen molar-refractivity contribution in [3.8, 4) is 0 Å². The average Bonchev–Trinajstić information content (AvgIpc) is 3.07. The van der Waals surface area contributed by atoms with Gasteiger partial charge in [0.2, 0.25) is 0 Å². The highest BCUT2D eigenvalue weighted by atomic mass is 19.1. The monoisotopic (exact) mass is 326 g/mol. The van der Waals surface area contributed by atoms with E-state index < -0.39 is 10.7 Å². The van der Waals surface area contributed by atoms with Crippen molar-refractivity contribution < 1.29 is 18.8 Å². The van der Waals surface area contributed by atoms with Crippen molar-refractivity contribution in [3.05, 3.63) is 34.1 Å². The van der Waals surface area contributed by atoms with E-state index in [1.807, 2.05) is 0 Å². The number of rotatable bonds is 8. The first-order valence-electron chi connectivity index (χ1n) is 7.87. The summed E-state index contributed by atoms with van der Waals surface area (Å²) in [6, 6.07) is 3.54. The molecule has 1 saturated heterocycles. The van der Waals surface area contributed by atoms with Gasteiger partial charge in [-0.25, -0.2) is 4.39 Å². The van der Waals surface area contributed by atoms with Crippen molar-refractivity contribution in [3.63, 3.8) is 0 Å². The molecule has 0 bridgehead atoms. The molecule has 0 radical (unpaired) electrons. The number of nitrogens with one attached hydrogen (secondary N) is 1. The highest BCUT2D eigenvalue weighted by Crippen LogP contribution is 2.36. The van der Waals surface area contributed by atoms with E-state index in [-0.39, 0.29) is 17.4 Å². The molecule has 128 valence electrons. The smallest absolute Gasteiger partial charge is 0.295 e. The quantitative estimate of drug-likeness (QED) is 0.448. The molecule has 0 amide bonds. The van der Waals surface area contributed by atoms with E-state index in [2.05, 4.69) is 19.2 Å². The van der Waals surface area contributed by atoms with Gasteiger partial charge in [0.15, 0.2) is 6.29 Å². The van der Waals surface area contributed by atoms with Gasteiger partial charge < -0.3 is 14.8 Å². The number of nitrogens with zero attached hydrogens (tertiary/aromatic N) is 1. The maximum Gasteiger partial charge on any atom is 0.295 e. The lowest BCUT2D eigenvalue weighted by Crippen LogP contribution is -2.33. The zero-order valence-electron chi connectivity index (χ0n) is 13.5. The first-order chi connectivity index (χ1) is 11.0. The van der Waals surface area contributed by atoms with E-state index in [0.29, 0.717) is 25.4 Å². The summed E-state index contributed by atoms with van der Waals surface area (Å²) in [6.07, 6.45) is 2.42. The third-order valence-corrected chi connectivity index (χ3v) is 4.40. The Morgan fingerprint density at radius 2 is 2.13 bits per heavy atom. The second kappa shape index (κ2) is 7.70. The lowest BCUT2D eigenvalue weighted by molar-refractivity contribution is -0.384. The number of anilines is 1. The Morgan fingerprint density at radius 1 is 1.43 bits per heavy atom. The molecule has 1 aromatic carbocycles. The second-order valence-corrected chi connectivity index (χ2v) is 6.03. The van der Waals surface area contributed by atoms with Crippen molar-refractivity contribution >= 4 is 11.4 Å². The lowest BCUT2D eigenvalue weighted by Gasteiger charge is -2.33. The molecular weight excluding hydrogens is 303 g/mol. The van der Waals surface area contributed by atoms with Gasteiger partial charge in [-0.3, -0.25) is 10.1 Å². The van der Waals surface area contributed by atoms with Crippen LogP contribution in [0.2, 0.25) is 0 Å². The van der Waals surface area contributed by atoms with Crippen LogP contribution in [0.15, 0.2) is 18.2 Å². The predicted octanol–water partition coefficient (Wildman–Crippen LogP) is 3.72. The minimum atomic E-state index is -0.615. The van der Waals surface area contributed by atoms with Gasteiger partial charge in [-0.05, 0) is 31.4 Å². The Balaban J connectivity index is 1.88. The number of hydrogen-bond donors (Lipinski definition) is 1. The second-order valence-electron chi connectivity index (χ2n) is 6.03. The normalized spacial score (nSPS) is 17.9. The molecule has 0 saturated carbocycles. The molecule has 0 spiro atoms. The van der Waals surface area contributed by atoms with Crippen LogP contribution >= 0.6 is 0 Å². The molecular formula is C16H23FN2O4. The topological polar surface area (TPSA) is 73.6 Å². The third-order valence-electron chi connectivity index (χ3n) is 4.40. The van der Waals surface area contributed by atoms with Gasteiger partial charge in [0.25, 0.3) is 5.69 Å². The summed E-state index contributed by atoms with van der Waals surface area (Å²) < 4.78 is 24.3. The molecule has 1 heterocycles. The van der Waals surface area contributed by atoms with Gasteiger partial charge in [-0.1, -0.05) is 13.8 Å². The largest absolute Gasteiger partial charge is 0.379 e. The van der Waals surface area contributed by atoms with E-state index in [0.717, 1.165) is 25.3 Å². The standard InChI is InChI=1S/C16H23FN2O4/c1-3-16(2,15-22-9-10-23-15)7-4-8-18-13-6-5-12(17)11-14(13)19(20)21/h5-6,11,15,18H,3-4,7-10H2,1-2H3/t16-/m1/s1.